The van der Waals surface area contributed by atoms with Gasteiger partial charge >= 0.3 is 0 Å². The molecule has 1 aliphatic heterocycles. The second kappa shape index (κ2) is 3.66. The number of carbonyl (C=O) groups is 1. The number of aromatic amines is 1. The summed E-state index contributed by atoms with van der Waals surface area (Å²) in [6, 6.07) is 0. The molecule has 0 radical (unpaired) electrons. The first-order valence-electron chi connectivity index (χ1n) is 4.32. The number of aromatic nitrogens is 3. The van der Waals surface area contributed by atoms with Gasteiger partial charge in [0.2, 0.25) is 0 Å². The van der Waals surface area contributed by atoms with Crippen LogP contribution in [0.3, 0.4) is 0 Å². The Morgan fingerprint density at radius 3 is 3.31 bits per heavy atom. The van der Waals surface area contributed by atoms with Gasteiger partial charge in [0.1, 0.15) is 6.33 Å². The van der Waals surface area contributed by atoms with E-state index in [9.17, 15) is 4.79 Å². The van der Waals surface area contributed by atoms with Gasteiger partial charge in [0.05, 0.1) is 0 Å². The minimum absolute atomic E-state index is 0.0213. The third-order valence-corrected chi connectivity index (χ3v) is 2.18. The number of H-pyrrole nitrogens is 1. The highest BCUT2D eigenvalue weighted by Crippen LogP contribution is 2.17. The van der Waals surface area contributed by atoms with Gasteiger partial charge in [0.15, 0.2) is 11.6 Å². The minimum atomic E-state index is 0.0213. The van der Waals surface area contributed by atoms with Crippen LogP contribution in [0.25, 0.3) is 0 Å². The molecule has 70 valence electrons. The maximum Gasteiger partial charge on any atom is 0.199 e. The van der Waals surface area contributed by atoms with Crippen LogP contribution in [-0.2, 0) is 4.74 Å². The van der Waals surface area contributed by atoms with Crippen molar-refractivity contribution in [1.29, 1.82) is 0 Å². The molecule has 5 nitrogen and oxygen atoms in total. The third kappa shape index (κ3) is 1.92. The predicted molar refractivity (Wildman–Crippen MR) is 44.3 cm³/mol. The lowest BCUT2D eigenvalue weighted by Gasteiger charge is -2.02. The fraction of sp³-hybridized carbons (Fsp3) is 0.625. The topological polar surface area (TPSA) is 67.9 Å². The zero-order valence-electron chi connectivity index (χ0n) is 7.19. The zero-order chi connectivity index (χ0) is 9.10. The first-order chi connectivity index (χ1) is 6.36. The van der Waals surface area contributed by atoms with Gasteiger partial charge in [0.25, 0.3) is 0 Å². The standard InChI is InChI=1S/C8H11N3O2/c12-7(8-9-5-10-11-8)3-6-1-2-13-4-6/h5-6H,1-4H2,(H,9,10,11). The summed E-state index contributed by atoms with van der Waals surface area (Å²) in [6.07, 6.45) is 2.83. The van der Waals surface area contributed by atoms with Crippen molar-refractivity contribution in [2.75, 3.05) is 13.2 Å². The largest absolute Gasteiger partial charge is 0.381 e. The summed E-state index contributed by atoms with van der Waals surface area (Å²) in [5, 5.41) is 6.19. The van der Waals surface area contributed by atoms with Gasteiger partial charge in [0, 0.05) is 19.6 Å². The van der Waals surface area contributed by atoms with Gasteiger partial charge < -0.3 is 4.74 Å². The fourth-order valence-electron chi connectivity index (χ4n) is 1.44. The first-order valence-corrected chi connectivity index (χ1v) is 4.32. The number of nitrogens with zero attached hydrogens (tertiary/aromatic N) is 2. The van der Waals surface area contributed by atoms with Crippen LogP contribution < -0.4 is 0 Å². The normalized spacial score (nSPS) is 22.0. The number of nitrogens with one attached hydrogen (secondary N) is 1. The van der Waals surface area contributed by atoms with E-state index in [0.29, 0.717) is 24.8 Å². The number of carbonyl (C=O) groups excluding carboxylic acids is 1. The van der Waals surface area contributed by atoms with Crippen molar-refractivity contribution in [3.63, 3.8) is 0 Å². The maximum atomic E-state index is 11.5. The Kier molecular flexibility index (Phi) is 2.35. The Morgan fingerprint density at radius 2 is 2.69 bits per heavy atom. The molecule has 5 heteroatoms. The van der Waals surface area contributed by atoms with Crippen molar-refractivity contribution in [2.45, 2.75) is 12.8 Å². The molecular weight excluding hydrogens is 170 g/mol. The summed E-state index contributed by atoms with van der Waals surface area (Å²) < 4.78 is 5.18. The molecule has 1 atom stereocenters. The Hall–Kier alpha value is -1.23. The van der Waals surface area contributed by atoms with E-state index >= 15 is 0 Å². The van der Waals surface area contributed by atoms with Crippen molar-refractivity contribution in [3.05, 3.63) is 12.2 Å². The van der Waals surface area contributed by atoms with Crippen molar-refractivity contribution in [3.8, 4) is 0 Å². The molecule has 1 fully saturated rings. The van der Waals surface area contributed by atoms with Crippen molar-refractivity contribution in [2.24, 2.45) is 5.92 Å². The van der Waals surface area contributed by atoms with Crippen LogP contribution in [0.1, 0.15) is 23.5 Å². The van der Waals surface area contributed by atoms with Crippen LogP contribution in [0.15, 0.2) is 6.33 Å². The van der Waals surface area contributed by atoms with E-state index in [1.165, 1.54) is 6.33 Å². The summed E-state index contributed by atoms with van der Waals surface area (Å²) in [6.45, 7) is 1.47. The molecule has 0 amide bonds. The van der Waals surface area contributed by atoms with E-state index in [1.807, 2.05) is 0 Å². The average Bonchev–Trinajstić information content (AvgIpc) is 2.74. The molecule has 0 spiro atoms. The third-order valence-electron chi connectivity index (χ3n) is 2.18. The van der Waals surface area contributed by atoms with Crippen LogP contribution >= 0.6 is 0 Å². The Labute approximate surface area is 75.5 Å². The van der Waals surface area contributed by atoms with E-state index < -0.39 is 0 Å². The first kappa shape index (κ1) is 8.37. The lowest BCUT2D eigenvalue weighted by atomic mass is 10.0. The molecule has 0 bridgehead atoms. The number of ketones is 1. The van der Waals surface area contributed by atoms with E-state index in [4.69, 9.17) is 4.74 Å². The number of ether oxygens (including phenoxy) is 1. The summed E-state index contributed by atoms with van der Waals surface area (Å²) in [4.78, 5) is 15.3. The number of Topliss-reactive ketones (excluding diaryl/α,β-unsaturated/α-hetero) is 1. The molecule has 1 unspecified atom stereocenters. The summed E-state index contributed by atoms with van der Waals surface area (Å²) in [5.74, 6) is 0.734. The molecule has 13 heavy (non-hydrogen) atoms. The van der Waals surface area contributed by atoms with E-state index in [-0.39, 0.29) is 5.78 Å². The van der Waals surface area contributed by atoms with E-state index in [0.717, 1.165) is 13.0 Å². The highest BCUT2D eigenvalue weighted by molar-refractivity contribution is 5.92. The second-order valence-electron chi connectivity index (χ2n) is 3.19. The second-order valence-corrected chi connectivity index (χ2v) is 3.19. The molecular formula is C8H11N3O2. The molecule has 1 aliphatic rings. The van der Waals surface area contributed by atoms with E-state index in [2.05, 4.69) is 15.2 Å². The minimum Gasteiger partial charge on any atom is -0.381 e. The van der Waals surface area contributed by atoms with Crippen LogP contribution in [-0.4, -0.2) is 34.2 Å². The highest BCUT2D eigenvalue weighted by atomic mass is 16.5. The molecule has 1 aromatic rings. The van der Waals surface area contributed by atoms with Crippen molar-refractivity contribution >= 4 is 5.78 Å². The van der Waals surface area contributed by atoms with Crippen LogP contribution in [0.2, 0.25) is 0 Å². The molecule has 2 rings (SSSR count). The van der Waals surface area contributed by atoms with Gasteiger partial charge in [-0.2, -0.15) is 5.10 Å². The highest BCUT2D eigenvalue weighted by Gasteiger charge is 2.20. The number of hydrogen-bond donors (Lipinski definition) is 1. The Bertz CT molecular complexity index is 278. The van der Waals surface area contributed by atoms with Gasteiger partial charge in [-0.15, -0.1) is 0 Å². The number of rotatable bonds is 3. The van der Waals surface area contributed by atoms with Gasteiger partial charge in [-0.25, -0.2) is 4.98 Å². The summed E-state index contributed by atoms with van der Waals surface area (Å²) in [7, 11) is 0. The zero-order valence-corrected chi connectivity index (χ0v) is 7.19. The van der Waals surface area contributed by atoms with Crippen molar-refractivity contribution in [1.82, 2.24) is 15.2 Å². The lowest BCUT2D eigenvalue weighted by Crippen LogP contribution is -2.10. The Balaban J connectivity index is 1.91. The van der Waals surface area contributed by atoms with Gasteiger partial charge in [-0.3, -0.25) is 9.89 Å². The molecule has 1 N–H and O–H groups in total. The van der Waals surface area contributed by atoms with Gasteiger partial charge in [-0.05, 0) is 12.3 Å². The predicted octanol–water partition coefficient (Wildman–Crippen LogP) is 0.414. The molecule has 2 heterocycles. The SMILES string of the molecule is O=C(CC1CCOC1)c1ncn[nH]1. The summed E-state index contributed by atoms with van der Waals surface area (Å²) >= 11 is 0. The smallest absolute Gasteiger partial charge is 0.199 e. The molecule has 0 aliphatic carbocycles. The molecule has 0 aromatic carbocycles. The van der Waals surface area contributed by atoms with Crippen LogP contribution in [0, 0.1) is 5.92 Å². The molecule has 0 saturated carbocycles. The van der Waals surface area contributed by atoms with E-state index in [1.54, 1.807) is 0 Å². The quantitative estimate of drug-likeness (QED) is 0.686. The van der Waals surface area contributed by atoms with Gasteiger partial charge in [-0.1, -0.05) is 0 Å². The number of hydrogen-bond acceptors (Lipinski definition) is 4. The monoisotopic (exact) mass is 181 g/mol. The van der Waals surface area contributed by atoms with Crippen molar-refractivity contribution < 1.29 is 9.53 Å². The van der Waals surface area contributed by atoms with Crippen LogP contribution in [0.4, 0.5) is 0 Å². The summed E-state index contributed by atoms with van der Waals surface area (Å²) in [5.41, 5.74) is 0. The maximum absolute atomic E-state index is 11.5. The molecule has 1 saturated heterocycles. The van der Waals surface area contributed by atoms with Crippen LogP contribution in [0.5, 0.6) is 0 Å². The Morgan fingerprint density at radius 1 is 1.77 bits per heavy atom. The average molecular weight is 181 g/mol. The lowest BCUT2D eigenvalue weighted by molar-refractivity contribution is 0.0943. The fourth-order valence-corrected chi connectivity index (χ4v) is 1.44. The molecule has 1 aromatic heterocycles.